The first-order valence-electron chi connectivity index (χ1n) is 5.50. The van der Waals surface area contributed by atoms with Crippen molar-refractivity contribution in [3.63, 3.8) is 0 Å². The van der Waals surface area contributed by atoms with E-state index in [1.807, 2.05) is 0 Å². The van der Waals surface area contributed by atoms with E-state index in [9.17, 15) is 0 Å². The monoisotopic (exact) mass is 257 g/mol. The number of rotatable bonds is 3. The summed E-state index contributed by atoms with van der Waals surface area (Å²) in [5.41, 5.74) is 2.79. The largest absolute Gasteiger partial charge is 0.265 e. The van der Waals surface area contributed by atoms with Crippen molar-refractivity contribution in [2.75, 3.05) is 10.5 Å². The second-order valence-corrected chi connectivity index (χ2v) is 3.55. The van der Waals surface area contributed by atoms with Crippen LogP contribution in [0.4, 0.5) is 0 Å². The van der Waals surface area contributed by atoms with Crippen LogP contribution in [0.1, 0.15) is 0 Å². The van der Waals surface area contributed by atoms with Crippen molar-refractivity contribution in [2.45, 2.75) is 0 Å². The standard InChI is InChI=1S/C10H11N9/c11-10(15-16-7-1-4-12-16)19(17-8-2-5-13-17)18-9-3-6-14-18/h1-9H,(H2,11,15). The molecule has 0 aliphatic heterocycles. The molecule has 3 aromatic heterocycles. The smallest absolute Gasteiger partial charge is 0.255 e. The Bertz CT molecular complexity index is 588. The maximum Gasteiger partial charge on any atom is 0.255 e. The van der Waals surface area contributed by atoms with E-state index in [2.05, 4.69) is 20.7 Å². The van der Waals surface area contributed by atoms with E-state index < -0.39 is 0 Å². The van der Waals surface area contributed by atoms with Crippen molar-refractivity contribution in [3.05, 3.63) is 55.4 Å². The molecule has 0 aliphatic carbocycles. The molecule has 3 heterocycles. The minimum Gasteiger partial charge on any atom is -0.265 e. The highest BCUT2D eigenvalue weighted by molar-refractivity contribution is 5.92. The second-order valence-electron chi connectivity index (χ2n) is 3.55. The summed E-state index contributed by atoms with van der Waals surface area (Å²) in [6, 6.07) is 5.28. The van der Waals surface area contributed by atoms with E-state index in [1.54, 1.807) is 55.4 Å². The van der Waals surface area contributed by atoms with Gasteiger partial charge in [-0.15, -0.1) is 5.12 Å². The summed E-state index contributed by atoms with van der Waals surface area (Å²) in [4.78, 5) is 4.38. The van der Waals surface area contributed by atoms with Crippen LogP contribution < -0.4 is 10.5 Å². The second kappa shape index (κ2) is 4.64. The summed E-state index contributed by atoms with van der Waals surface area (Å²) < 4.78 is 0. The van der Waals surface area contributed by atoms with Gasteiger partial charge in [-0.05, 0) is 18.2 Å². The van der Waals surface area contributed by atoms with Crippen LogP contribution in [0.25, 0.3) is 0 Å². The summed E-state index contributed by atoms with van der Waals surface area (Å²) in [5.74, 6) is 0.0381. The third kappa shape index (κ3) is 2.16. The molecule has 0 saturated carbocycles. The zero-order valence-electron chi connectivity index (χ0n) is 9.83. The molecule has 0 aliphatic rings. The Morgan fingerprint density at radius 2 is 1.47 bits per heavy atom. The van der Waals surface area contributed by atoms with Gasteiger partial charge in [-0.3, -0.25) is 5.41 Å². The molecule has 0 amide bonds. The molecule has 0 saturated heterocycles. The maximum absolute atomic E-state index is 8.11. The predicted molar refractivity (Wildman–Crippen MR) is 67.4 cm³/mol. The quantitative estimate of drug-likeness (QED) is 0.503. The van der Waals surface area contributed by atoms with Crippen molar-refractivity contribution < 1.29 is 0 Å². The molecular weight excluding hydrogens is 246 g/mol. The van der Waals surface area contributed by atoms with Gasteiger partial charge in [-0.25, -0.2) is 5.43 Å². The summed E-state index contributed by atoms with van der Waals surface area (Å²) in [6.07, 6.45) is 9.97. The molecule has 2 N–H and O–H groups in total. The SMILES string of the molecule is N=C(Nn1cccn1)N(n1cccn1)n1cccn1. The molecular formula is C10H11N9. The van der Waals surface area contributed by atoms with E-state index in [0.29, 0.717) is 0 Å². The average Bonchev–Trinajstić information content (AvgIpc) is 3.11. The van der Waals surface area contributed by atoms with E-state index >= 15 is 0 Å². The molecule has 0 radical (unpaired) electrons. The Morgan fingerprint density at radius 1 is 0.895 bits per heavy atom. The van der Waals surface area contributed by atoms with Crippen LogP contribution in [0, 0.1) is 5.41 Å². The predicted octanol–water partition coefficient (Wildman–Crippen LogP) is -0.144. The fourth-order valence-corrected chi connectivity index (χ4v) is 1.53. The third-order valence-corrected chi connectivity index (χ3v) is 2.29. The van der Waals surface area contributed by atoms with Crippen LogP contribution in [0.2, 0.25) is 0 Å². The third-order valence-electron chi connectivity index (χ3n) is 2.29. The maximum atomic E-state index is 8.11. The zero-order valence-corrected chi connectivity index (χ0v) is 9.83. The normalized spacial score (nSPS) is 10.3. The summed E-state index contributed by atoms with van der Waals surface area (Å²) in [7, 11) is 0. The van der Waals surface area contributed by atoms with Crippen LogP contribution in [0.3, 0.4) is 0 Å². The fourth-order valence-electron chi connectivity index (χ4n) is 1.53. The molecule has 0 bridgehead atoms. The highest BCUT2D eigenvalue weighted by Crippen LogP contribution is 1.95. The lowest BCUT2D eigenvalue weighted by molar-refractivity contribution is 0.513. The number of hydrogen-bond donors (Lipinski definition) is 2. The van der Waals surface area contributed by atoms with Crippen LogP contribution in [-0.4, -0.2) is 35.6 Å². The van der Waals surface area contributed by atoms with Crippen molar-refractivity contribution in [3.8, 4) is 0 Å². The lowest BCUT2D eigenvalue weighted by atomic mass is 10.8. The van der Waals surface area contributed by atoms with Crippen molar-refractivity contribution >= 4 is 5.96 Å². The molecule has 96 valence electrons. The van der Waals surface area contributed by atoms with Crippen LogP contribution >= 0.6 is 0 Å². The number of guanidine groups is 1. The average molecular weight is 257 g/mol. The van der Waals surface area contributed by atoms with E-state index in [-0.39, 0.29) is 5.96 Å². The molecule has 9 heteroatoms. The molecule has 0 atom stereocenters. The van der Waals surface area contributed by atoms with E-state index in [0.717, 1.165) is 0 Å². The molecule has 3 aromatic rings. The number of nitrogens with one attached hydrogen (secondary N) is 2. The minimum absolute atomic E-state index is 0.0381. The van der Waals surface area contributed by atoms with Crippen molar-refractivity contribution in [1.82, 2.24) is 29.7 Å². The topological polar surface area (TPSA) is 92.6 Å². The summed E-state index contributed by atoms with van der Waals surface area (Å²) >= 11 is 0. The van der Waals surface area contributed by atoms with Crippen molar-refractivity contribution in [2.24, 2.45) is 0 Å². The van der Waals surface area contributed by atoms with Crippen LogP contribution in [-0.2, 0) is 0 Å². The number of aromatic nitrogens is 6. The van der Waals surface area contributed by atoms with Gasteiger partial charge in [-0.2, -0.15) is 29.7 Å². The molecule has 0 aromatic carbocycles. The Hall–Kier alpha value is -3.10. The first-order chi connectivity index (χ1) is 9.34. The van der Waals surface area contributed by atoms with Crippen molar-refractivity contribution in [1.29, 1.82) is 5.41 Å². The molecule has 0 fully saturated rings. The Morgan fingerprint density at radius 3 is 1.95 bits per heavy atom. The van der Waals surface area contributed by atoms with Crippen LogP contribution in [0.15, 0.2) is 55.4 Å². The number of nitrogens with zero attached hydrogens (tertiary/aromatic N) is 7. The number of hydrogen-bond acceptors (Lipinski definition) is 4. The Kier molecular flexibility index (Phi) is 2.69. The molecule has 3 rings (SSSR count). The fraction of sp³-hybridized carbons (Fsp3) is 0. The van der Waals surface area contributed by atoms with E-state index in [4.69, 9.17) is 5.41 Å². The molecule has 0 spiro atoms. The lowest BCUT2D eigenvalue weighted by Crippen LogP contribution is -2.50. The van der Waals surface area contributed by atoms with Crippen LogP contribution in [0.5, 0.6) is 0 Å². The minimum atomic E-state index is 0.0381. The molecule has 0 unspecified atom stereocenters. The van der Waals surface area contributed by atoms with Gasteiger partial charge in [0.2, 0.25) is 0 Å². The molecule has 9 nitrogen and oxygen atoms in total. The van der Waals surface area contributed by atoms with E-state index in [1.165, 1.54) is 19.5 Å². The highest BCUT2D eigenvalue weighted by atomic mass is 15.9. The highest BCUT2D eigenvalue weighted by Gasteiger charge is 2.15. The Balaban J connectivity index is 1.89. The summed E-state index contributed by atoms with van der Waals surface area (Å²) in [5, 5.41) is 21.7. The first kappa shape index (κ1) is 11.0. The zero-order chi connectivity index (χ0) is 13.1. The summed E-state index contributed by atoms with van der Waals surface area (Å²) in [6.45, 7) is 0. The van der Waals surface area contributed by atoms with Gasteiger partial charge in [0.05, 0.1) is 31.0 Å². The van der Waals surface area contributed by atoms with Gasteiger partial charge in [0, 0.05) is 6.20 Å². The van der Waals surface area contributed by atoms with Gasteiger partial charge in [0.15, 0.2) is 0 Å². The van der Waals surface area contributed by atoms with Gasteiger partial charge in [0.25, 0.3) is 5.96 Å². The van der Waals surface area contributed by atoms with Gasteiger partial charge >= 0.3 is 0 Å². The molecule has 19 heavy (non-hydrogen) atoms. The Labute approximate surface area is 108 Å². The van der Waals surface area contributed by atoms with Gasteiger partial charge in [0.1, 0.15) is 0 Å². The first-order valence-corrected chi connectivity index (χ1v) is 5.50. The lowest BCUT2D eigenvalue weighted by Gasteiger charge is -2.23. The van der Waals surface area contributed by atoms with Gasteiger partial charge in [-0.1, -0.05) is 0 Å². The van der Waals surface area contributed by atoms with Gasteiger partial charge < -0.3 is 0 Å².